The summed E-state index contributed by atoms with van der Waals surface area (Å²) < 4.78 is 0. The van der Waals surface area contributed by atoms with Crippen molar-refractivity contribution in [2.75, 3.05) is 6.54 Å². The Bertz CT molecular complexity index is 643. The van der Waals surface area contributed by atoms with Gasteiger partial charge in [0.25, 0.3) is 0 Å². The molecule has 0 aliphatic rings. The number of aliphatic carboxylic acids is 1. The number of nitrogens with two attached hydrogens (primary N) is 3. The Morgan fingerprint density at radius 2 is 1.52 bits per heavy atom. The van der Waals surface area contributed by atoms with Gasteiger partial charge in [-0.3, -0.25) is 19.2 Å². The third-order valence-corrected chi connectivity index (χ3v) is 4.41. The van der Waals surface area contributed by atoms with Gasteiger partial charge in [-0.2, -0.15) is 0 Å². The van der Waals surface area contributed by atoms with Gasteiger partial charge < -0.3 is 43.4 Å². The SMILES string of the molecule is C[C@H](NC(=O)[C@@H](NC(=O)[C@@H](N)CCCCN)[C@@H](C)O)C(=O)N[C@@H](CCC(N)=O)C(=O)O. The largest absolute Gasteiger partial charge is 0.480 e. The number of unbranched alkanes of at least 4 members (excludes halogenated alkanes) is 1. The fraction of sp³-hybridized carbons (Fsp3) is 0.722. The van der Waals surface area contributed by atoms with Crippen molar-refractivity contribution in [3.8, 4) is 0 Å². The van der Waals surface area contributed by atoms with E-state index in [1.165, 1.54) is 13.8 Å². The second-order valence-corrected chi connectivity index (χ2v) is 7.25. The van der Waals surface area contributed by atoms with Crippen LogP contribution in [0.2, 0.25) is 0 Å². The zero-order valence-corrected chi connectivity index (χ0v) is 17.8. The maximum atomic E-state index is 12.5. The molecule has 0 fully saturated rings. The summed E-state index contributed by atoms with van der Waals surface area (Å²) >= 11 is 0. The van der Waals surface area contributed by atoms with E-state index >= 15 is 0 Å². The van der Waals surface area contributed by atoms with Crippen molar-refractivity contribution in [2.24, 2.45) is 17.2 Å². The smallest absolute Gasteiger partial charge is 0.326 e. The monoisotopic (exact) mass is 446 g/mol. The van der Waals surface area contributed by atoms with Crippen molar-refractivity contribution in [2.45, 2.75) is 76.2 Å². The Morgan fingerprint density at radius 3 is 2.00 bits per heavy atom. The fourth-order valence-electron chi connectivity index (χ4n) is 2.51. The number of carboxylic acids is 1. The van der Waals surface area contributed by atoms with Crippen LogP contribution in [0.25, 0.3) is 0 Å². The van der Waals surface area contributed by atoms with E-state index < -0.39 is 59.9 Å². The molecule has 0 aromatic carbocycles. The number of primary amides is 1. The molecule has 0 unspecified atom stereocenters. The molecule has 4 amide bonds. The van der Waals surface area contributed by atoms with Crippen LogP contribution >= 0.6 is 0 Å². The number of amides is 4. The Labute approximate surface area is 180 Å². The minimum atomic E-state index is -1.38. The van der Waals surface area contributed by atoms with E-state index in [9.17, 15) is 29.1 Å². The molecule has 13 nitrogen and oxygen atoms in total. The van der Waals surface area contributed by atoms with E-state index in [-0.39, 0.29) is 12.8 Å². The number of aliphatic hydroxyl groups excluding tert-OH is 1. The lowest BCUT2D eigenvalue weighted by Gasteiger charge is -2.25. The van der Waals surface area contributed by atoms with Crippen LogP contribution in [0.15, 0.2) is 0 Å². The summed E-state index contributed by atoms with van der Waals surface area (Å²) in [5, 5.41) is 25.8. The highest BCUT2D eigenvalue weighted by atomic mass is 16.4. The van der Waals surface area contributed by atoms with Crippen LogP contribution in [0, 0.1) is 0 Å². The molecule has 0 aromatic heterocycles. The number of carboxylic acid groups (broad SMARTS) is 1. The van der Waals surface area contributed by atoms with Gasteiger partial charge in [-0.05, 0) is 39.7 Å². The van der Waals surface area contributed by atoms with Crippen LogP contribution in [-0.4, -0.2) is 76.6 Å². The van der Waals surface area contributed by atoms with E-state index in [0.717, 1.165) is 0 Å². The second kappa shape index (κ2) is 14.3. The lowest BCUT2D eigenvalue weighted by molar-refractivity contribution is -0.142. The summed E-state index contributed by atoms with van der Waals surface area (Å²) in [5.41, 5.74) is 16.1. The normalized spacial score (nSPS) is 15.6. The summed E-state index contributed by atoms with van der Waals surface area (Å²) in [5.74, 6) is -4.43. The zero-order valence-electron chi connectivity index (χ0n) is 17.8. The summed E-state index contributed by atoms with van der Waals surface area (Å²) in [4.78, 5) is 58.9. The average Bonchev–Trinajstić information content (AvgIpc) is 2.67. The third-order valence-electron chi connectivity index (χ3n) is 4.41. The number of hydrogen-bond acceptors (Lipinski definition) is 8. The van der Waals surface area contributed by atoms with Crippen molar-refractivity contribution in [3.63, 3.8) is 0 Å². The maximum Gasteiger partial charge on any atom is 0.326 e. The van der Waals surface area contributed by atoms with Crippen LogP contribution < -0.4 is 33.2 Å². The number of hydrogen-bond donors (Lipinski definition) is 8. The van der Waals surface area contributed by atoms with Crippen molar-refractivity contribution in [1.82, 2.24) is 16.0 Å². The van der Waals surface area contributed by atoms with Crippen LogP contribution in [0.4, 0.5) is 0 Å². The molecule has 0 radical (unpaired) electrons. The fourth-order valence-corrected chi connectivity index (χ4v) is 2.51. The van der Waals surface area contributed by atoms with Gasteiger partial charge in [0.05, 0.1) is 12.1 Å². The van der Waals surface area contributed by atoms with Crippen molar-refractivity contribution >= 4 is 29.6 Å². The first-order chi connectivity index (χ1) is 14.4. The number of aliphatic hydroxyl groups is 1. The zero-order chi connectivity index (χ0) is 24.1. The molecule has 13 heteroatoms. The standard InChI is InChI=1S/C18H34N6O7/c1-9(15(27)23-12(18(30)31)6-7-13(21)26)22-17(29)14(10(2)25)24-16(28)11(20)5-3-4-8-19/h9-12,14,25H,3-8,19-20H2,1-2H3,(H2,21,26)(H,22,29)(H,23,27)(H,24,28)(H,30,31)/t9-,10+,11-,12-,14-/m0/s1. The molecule has 31 heavy (non-hydrogen) atoms. The summed E-state index contributed by atoms with van der Waals surface area (Å²) in [7, 11) is 0. The molecule has 0 saturated carbocycles. The van der Waals surface area contributed by atoms with Gasteiger partial charge in [0.15, 0.2) is 0 Å². The van der Waals surface area contributed by atoms with Crippen molar-refractivity contribution < 1.29 is 34.2 Å². The van der Waals surface area contributed by atoms with Gasteiger partial charge >= 0.3 is 5.97 Å². The summed E-state index contributed by atoms with van der Waals surface area (Å²) in [6, 6.07) is -4.85. The highest BCUT2D eigenvalue weighted by Crippen LogP contribution is 2.02. The molecule has 0 rings (SSSR count). The van der Waals surface area contributed by atoms with E-state index in [1.54, 1.807) is 0 Å². The Hall–Kier alpha value is -2.77. The van der Waals surface area contributed by atoms with Crippen LogP contribution in [0.3, 0.4) is 0 Å². The van der Waals surface area contributed by atoms with Gasteiger partial charge in [-0.1, -0.05) is 6.42 Å². The molecular weight excluding hydrogens is 412 g/mol. The van der Waals surface area contributed by atoms with E-state index in [4.69, 9.17) is 22.3 Å². The third kappa shape index (κ3) is 11.3. The Balaban J connectivity index is 4.91. The molecule has 0 aliphatic heterocycles. The molecule has 5 atom stereocenters. The van der Waals surface area contributed by atoms with E-state index in [2.05, 4.69) is 16.0 Å². The maximum absolute atomic E-state index is 12.5. The molecule has 0 saturated heterocycles. The Morgan fingerprint density at radius 1 is 0.903 bits per heavy atom. The molecule has 0 aliphatic carbocycles. The second-order valence-electron chi connectivity index (χ2n) is 7.25. The van der Waals surface area contributed by atoms with E-state index in [1.807, 2.05) is 0 Å². The minimum Gasteiger partial charge on any atom is -0.480 e. The van der Waals surface area contributed by atoms with Gasteiger partial charge in [0, 0.05) is 6.42 Å². The van der Waals surface area contributed by atoms with Gasteiger partial charge in [0.2, 0.25) is 23.6 Å². The first kappa shape index (κ1) is 28.2. The molecule has 0 bridgehead atoms. The van der Waals surface area contributed by atoms with Crippen LogP contribution in [0.1, 0.15) is 46.0 Å². The molecule has 178 valence electrons. The first-order valence-corrected chi connectivity index (χ1v) is 9.96. The minimum absolute atomic E-state index is 0.217. The van der Waals surface area contributed by atoms with E-state index in [0.29, 0.717) is 25.8 Å². The van der Waals surface area contributed by atoms with Crippen molar-refractivity contribution in [1.29, 1.82) is 0 Å². The van der Waals surface area contributed by atoms with Crippen molar-refractivity contribution in [3.05, 3.63) is 0 Å². The highest BCUT2D eigenvalue weighted by molar-refractivity contribution is 5.94. The highest BCUT2D eigenvalue weighted by Gasteiger charge is 2.30. The number of carbonyl (C=O) groups is 5. The predicted molar refractivity (Wildman–Crippen MR) is 110 cm³/mol. The summed E-state index contributed by atoms with van der Waals surface area (Å²) in [6.07, 6.45) is -0.111. The number of nitrogens with one attached hydrogen (secondary N) is 3. The first-order valence-electron chi connectivity index (χ1n) is 9.96. The molecule has 0 heterocycles. The quantitative estimate of drug-likeness (QED) is 0.117. The number of carbonyl (C=O) groups excluding carboxylic acids is 4. The van der Waals surface area contributed by atoms with Gasteiger partial charge in [-0.15, -0.1) is 0 Å². The molecular formula is C18H34N6O7. The molecule has 11 N–H and O–H groups in total. The topological polar surface area (TPSA) is 240 Å². The summed E-state index contributed by atoms with van der Waals surface area (Å²) in [6.45, 7) is 3.03. The lowest BCUT2D eigenvalue weighted by Crippen LogP contribution is -2.59. The van der Waals surface area contributed by atoms with Gasteiger partial charge in [-0.25, -0.2) is 4.79 Å². The predicted octanol–water partition coefficient (Wildman–Crippen LogP) is -3.35. The lowest BCUT2D eigenvalue weighted by atomic mass is 10.1. The van der Waals surface area contributed by atoms with Gasteiger partial charge in [0.1, 0.15) is 18.1 Å². The average molecular weight is 447 g/mol. The van der Waals surface area contributed by atoms with Crippen LogP contribution in [-0.2, 0) is 24.0 Å². The molecule has 0 spiro atoms. The molecule has 0 aromatic rings. The Kier molecular flexibility index (Phi) is 13.0. The number of rotatable bonds is 15. The van der Waals surface area contributed by atoms with Crippen LogP contribution in [0.5, 0.6) is 0 Å².